The monoisotopic (exact) mass is 644 g/mol. The molecular formula is C32H32BClF2N8O2. The Morgan fingerprint density at radius 3 is 1.78 bits per heavy atom. The van der Waals surface area contributed by atoms with Gasteiger partial charge in [0.2, 0.25) is 5.28 Å². The molecule has 4 aromatic heterocycles. The number of nitrogens with zero attached hydrogens (tertiary/aromatic N) is 4. The first-order chi connectivity index (χ1) is 22.1. The van der Waals surface area contributed by atoms with Crippen LogP contribution < -0.4 is 16.1 Å². The maximum Gasteiger partial charge on any atom is 0.491 e. The van der Waals surface area contributed by atoms with Crippen molar-refractivity contribution in [3.05, 3.63) is 89.0 Å². The lowest BCUT2D eigenvalue weighted by atomic mass is 9.80. The number of halogens is 3. The molecule has 0 unspecified atom stereocenters. The Morgan fingerprint density at radius 1 is 0.739 bits per heavy atom. The minimum atomic E-state index is -1.72. The zero-order valence-electron chi connectivity index (χ0n) is 25.2. The highest BCUT2D eigenvalue weighted by molar-refractivity contribution is 6.58. The van der Waals surface area contributed by atoms with Crippen LogP contribution >= 0.6 is 11.6 Å². The predicted molar refractivity (Wildman–Crippen MR) is 177 cm³/mol. The molecule has 6 aromatic rings. The van der Waals surface area contributed by atoms with E-state index < -0.39 is 12.9 Å². The molecule has 0 spiro atoms. The lowest BCUT2D eigenvalue weighted by molar-refractivity contribution is 0.423. The summed E-state index contributed by atoms with van der Waals surface area (Å²) in [5, 5.41) is 26.1. The van der Waals surface area contributed by atoms with Gasteiger partial charge in [-0.25, -0.2) is 23.7 Å². The van der Waals surface area contributed by atoms with Crippen LogP contribution in [-0.2, 0) is 0 Å². The van der Waals surface area contributed by atoms with Gasteiger partial charge in [0.25, 0.3) is 0 Å². The molecule has 2 fully saturated rings. The van der Waals surface area contributed by atoms with Crippen LogP contribution in [-0.4, -0.2) is 59.2 Å². The SMILES string of the molecule is Cc1cc2c(NC3CC3)nc(-c3ccccc3F)nc2[nH]1.Cc1cc2c(NC3CC3)nc(Cl)nc2[nH]1.OB(O)c1ccccc1F. The van der Waals surface area contributed by atoms with Crippen LogP contribution in [0, 0.1) is 25.5 Å². The van der Waals surface area contributed by atoms with Crippen molar-refractivity contribution in [3.8, 4) is 11.4 Å². The minimum Gasteiger partial charge on any atom is -0.423 e. The number of hydrogen-bond donors (Lipinski definition) is 6. The third kappa shape index (κ3) is 7.61. The predicted octanol–water partition coefficient (Wildman–Crippen LogP) is 5.65. The molecule has 0 radical (unpaired) electrons. The van der Waals surface area contributed by atoms with Crippen LogP contribution in [0.3, 0.4) is 0 Å². The highest BCUT2D eigenvalue weighted by Gasteiger charge is 2.24. The average Bonchev–Trinajstić information content (AvgIpc) is 3.94. The summed E-state index contributed by atoms with van der Waals surface area (Å²) in [5.74, 6) is 1.13. The minimum absolute atomic E-state index is 0.0949. The zero-order valence-corrected chi connectivity index (χ0v) is 25.9. The summed E-state index contributed by atoms with van der Waals surface area (Å²) in [5.41, 5.74) is 3.96. The molecule has 2 saturated carbocycles. The molecule has 0 aliphatic heterocycles. The molecule has 4 heterocycles. The van der Waals surface area contributed by atoms with Crippen molar-refractivity contribution in [2.75, 3.05) is 10.6 Å². The third-order valence-corrected chi connectivity index (χ3v) is 7.52. The van der Waals surface area contributed by atoms with E-state index >= 15 is 0 Å². The molecule has 0 bridgehead atoms. The normalized spacial score (nSPS) is 13.9. The van der Waals surface area contributed by atoms with E-state index in [9.17, 15) is 8.78 Å². The van der Waals surface area contributed by atoms with Crippen LogP contribution in [0.4, 0.5) is 20.4 Å². The summed E-state index contributed by atoms with van der Waals surface area (Å²) in [7, 11) is -1.72. The Morgan fingerprint density at radius 2 is 1.26 bits per heavy atom. The molecule has 0 saturated heterocycles. The van der Waals surface area contributed by atoms with E-state index in [-0.39, 0.29) is 16.6 Å². The van der Waals surface area contributed by atoms with Crippen LogP contribution in [0.15, 0.2) is 60.7 Å². The lowest BCUT2D eigenvalue weighted by Crippen LogP contribution is -2.32. The summed E-state index contributed by atoms with van der Waals surface area (Å²) in [6.45, 7) is 3.97. The van der Waals surface area contributed by atoms with Crippen molar-refractivity contribution in [2.24, 2.45) is 0 Å². The molecule has 10 nitrogen and oxygen atoms in total. The van der Waals surface area contributed by atoms with Gasteiger partial charge in [-0.1, -0.05) is 30.3 Å². The second-order valence-corrected chi connectivity index (χ2v) is 11.7. The van der Waals surface area contributed by atoms with Gasteiger partial charge in [-0.15, -0.1) is 0 Å². The van der Waals surface area contributed by atoms with Gasteiger partial charge in [-0.05, 0) is 81.5 Å². The van der Waals surface area contributed by atoms with Gasteiger partial charge < -0.3 is 30.6 Å². The fourth-order valence-electron chi connectivity index (χ4n) is 4.76. The van der Waals surface area contributed by atoms with E-state index in [0.717, 1.165) is 57.9 Å². The largest absolute Gasteiger partial charge is 0.491 e. The first kappa shape index (κ1) is 31.4. The Bertz CT molecular complexity index is 1990. The summed E-state index contributed by atoms with van der Waals surface area (Å²) in [4.78, 5) is 23.7. The van der Waals surface area contributed by atoms with Gasteiger partial charge in [0.05, 0.1) is 16.3 Å². The molecule has 6 N–H and O–H groups in total. The number of H-pyrrole nitrogens is 2. The molecule has 2 aliphatic rings. The average molecular weight is 645 g/mol. The fourth-order valence-corrected chi connectivity index (χ4v) is 4.93. The topological polar surface area (TPSA) is 148 Å². The van der Waals surface area contributed by atoms with Crippen LogP contribution in [0.1, 0.15) is 37.1 Å². The molecule has 236 valence electrons. The van der Waals surface area contributed by atoms with Crippen LogP contribution in [0.25, 0.3) is 33.5 Å². The standard InChI is InChI=1S/C16H15FN4.C10H11ClN4.C6H6BFO2/c1-9-8-12-15(18-9)20-14(11-4-2-3-5-13(11)17)21-16(12)19-10-6-7-10;1-5-4-7-8(12-5)14-10(11)15-9(7)13-6-2-3-6;8-6-4-2-1-3-5(6)7(9)10/h2-5,8,10H,6-7H2,1H3,(H2,18,19,20,21);4,6H,2-3H2,1H3,(H2,12,13,14,15);1-4,9-10H. The van der Waals surface area contributed by atoms with Gasteiger partial charge in [0.15, 0.2) is 5.82 Å². The first-order valence-electron chi connectivity index (χ1n) is 14.9. The molecule has 0 atom stereocenters. The number of nitrogens with one attached hydrogen (secondary N) is 4. The number of aromatic amines is 2. The van der Waals surface area contributed by atoms with E-state index in [4.69, 9.17) is 21.6 Å². The van der Waals surface area contributed by atoms with Crippen molar-refractivity contribution >= 4 is 57.9 Å². The number of anilines is 2. The van der Waals surface area contributed by atoms with Gasteiger partial charge in [-0.2, -0.15) is 4.98 Å². The maximum atomic E-state index is 14.0. The summed E-state index contributed by atoms with van der Waals surface area (Å²) < 4.78 is 26.5. The van der Waals surface area contributed by atoms with E-state index in [1.807, 2.05) is 26.0 Å². The second-order valence-electron chi connectivity index (χ2n) is 11.4. The van der Waals surface area contributed by atoms with Crippen molar-refractivity contribution in [2.45, 2.75) is 51.6 Å². The Hall–Kier alpha value is -4.59. The highest BCUT2D eigenvalue weighted by atomic mass is 35.5. The number of rotatable bonds is 6. The van der Waals surface area contributed by atoms with E-state index in [1.54, 1.807) is 18.2 Å². The van der Waals surface area contributed by atoms with E-state index in [0.29, 0.717) is 23.5 Å². The quantitative estimate of drug-likeness (QED) is 0.101. The zero-order chi connectivity index (χ0) is 32.4. The summed E-state index contributed by atoms with van der Waals surface area (Å²) in [6.07, 6.45) is 4.74. The number of fused-ring (bicyclic) bond motifs is 2. The van der Waals surface area contributed by atoms with Gasteiger partial charge >= 0.3 is 7.12 Å². The number of benzene rings is 2. The third-order valence-electron chi connectivity index (χ3n) is 7.35. The smallest absolute Gasteiger partial charge is 0.423 e. The van der Waals surface area contributed by atoms with Gasteiger partial charge in [-0.3, -0.25) is 0 Å². The molecule has 14 heteroatoms. The second kappa shape index (κ2) is 13.4. The van der Waals surface area contributed by atoms with Crippen molar-refractivity contribution in [3.63, 3.8) is 0 Å². The lowest BCUT2D eigenvalue weighted by Gasteiger charge is -2.08. The van der Waals surface area contributed by atoms with Crippen LogP contribution in [0.5, 0.6) is 0 Å². The van der Waals surface area contributed by atoms with Crippen LogP contribution in [0.2, 0.25) is 5.28 Å². The Kier molecular flexibility index (Phi) is 9.16. The Balaban J connectivity index is 0.000000130. The van der Waals surface area contributed by atoms with Crippen molar-refractivity contribution in [1.29, 1.82) is 0 Å². The molecule has 2 aliphatic carbocycles. The number of hydrogen-bond acceptors (Lipinski definition) is 8. The van der Waals surface area contributed by atoms with Crippen molar-refractivity contribution in [1.82, 2.24) is 29.9 Å². The first-order valence-corrected chi connectivity index (χ1v) is 15.3. The molecule has 2 aromatic carbocycles. The van der Waals surface area contributed by atoms with Crippen molar-refractivity contribution < 1.29 is 18.8 Å². The molecule has 8 rings (SSSR count). The van der Waals surface area contributed by atoms with E-state index in [1.165, 1.54) is 43.2 Å². The summed E-state index contributed by atoms with van der Waals surface area (Å²) in [6, 6.07) is 17.2. The number of aryl methyl sites for hydroxylation is 2. The summed E-state index contributed by atoms with van der Waals surface area (Å²) >= 11 is 5.85. The molecule has 46 heavy (non-hydrogen) atoms. The fraction of sp³-hybridized carbons (Fsp3) is 0.250. The maximum absolute atomic E-state index is 14.0. The number of aromatic nitrogens is 6. The highest BCUT2D eigenvalue weighted by Crippen LogP contribution is 2.31. The van der Waals surface area contributed by atoms with Gasteiger partial charge in [0, 0.05) is 28.9 Å². The van der Waals surface area contributed by atoms with Gasteiger partial charge in [0.1, 0.15) is 34.6 Å². The molecule has 0 amide bonds. The van der Waals surface area contributed by atoms with E-state index in [2.05, 4.69) is 40.5 Å². The Labute approximate surface area is 268 Å². The molecular weight excluding hydrogens is 613 g/mol.